The van der Waals surface area contributed by atoms with Gasteiger partial charge in [-0.2, -0.15) is 0 Å². The molecule has 0 saturated carbocycles. The molecule has 1 amide bonds. The molecule has 0 aliphatic rings. The summed E-state index contributed by atoms with van der Waals surface area (Å²) in [5.74, 6) is -0.0545. The number of allylic oxidation sites excluding steroid dienone is 4. The number of hydrogen-bond acceptors (Lipinski definition) is 5. The number of aliphatic hydroxyl groups excluding tert-OH is 2. The molecule has 2 atom stereocenters. The zero-order valence-electron chi connectivity index (χ0n) is 45.9. The topological polar surface area (TPSA) is 95.9 Å². The third-order valence-electron chi connectivity index (χ3n) is 14.2. The smallest absolute Gasteiger partial charge is 0.305 e. The Kier molecular flexibility index (Phi) is 56.5. The van der Waals surface area contributed by atoms with Gasteiger partial charge in [0, 0.05) is 12.8 Å². The molecule has 0 aliphatic heterocycles. The quantitative estimate of drug-likeness (QED) is 0.0321. The molecule has 6 nitrogen and oxygen atoms in total. The molecule has 402 valence electrons. The van der Waals surface area contributed by atoms with Crippen LogP contribution in [0.2, 0.25) is 0 Å². The molecule has 0 aromatic rings. The van der Waals surface area contributed by atoms with E-state index in [-0.39, 0.29) is 18.5 Å². The van der Waals surface area contributed by atoms with Crippen LogP contribution in [0.5, 0.6) is 0 Å². The van der Waals surface area contributed by atoms with E-state index in [2.05, 4.69) is 43.5 Å². The van der Waals surface area contributed by atoms with Crippen molar-refractivity contribution in [1.82, 2.24) is 5.32 Å². The lowest BCUT2D eigenvalue weighted by atomic mass is 10.0. The predicted molar refractivity (Wildman–Crippen MR) is 296 cm³/mol. The number of ether oxygens (including phenoxy) is 1. The number of hydrogen-bond donors (Lipinski definition) is 3. The Balaban J connectivity index is 3.43. The van der Waals surface area contributed by atoms with Gasteiger partial charge >= 0.3 is 5.97 Å². The normalized spacial score (nSPS) is 12.7. The van der Waals surface area contributed by atoms with Crippen LogP contribution in [0.1, 0.15) is 335 Å². The molecule has 0 radical (unpaired) electrons. The number of rotatable bonds is 57. The van der Waals surface area contributed by atoms with Crippen LogP contribution in [0.15, 0.2) is 24.3 Å². The van der Waals surface area contributed by atoms with Crippen molar-refractivity contribution in [2.75, 3.05) is 13.2 Å². The van der Waals surface area contributed by atoms with Crippen molar-refractivity contribution in [2.24, 2.45) is 0 Å². The minimum Gasteiger partial charge on any atom is -0.466 e. The Morgan fingerprint density at radius 1 is 0.412 bits per heavy atom. The zero-order chi connectivity index (χ0) is 49.3. The first-order valence-corrected chi connectivity index (χ1v) is 30.6. The second-order valence-electron chi connectivity index (χ2n) is 21.0. The van der Waals surface area contributed by atoms with Gasteiger partial charge in [-0.25, -0.2) is 0 Å². The highest BCUT2D eigenvalue weighted by Crippen LogP contribution is 2.18. The van der Waals surface area contributed by atoms with Crippen LogP contribution in [-0.2, 0) is 14.3 Å². The largest absolute Gasteiger partial charge is 0.466 e. The van der Waals surface area contributed by atoms with E-state index in [0.717, 1.165) is 57.8 Å². The third kappa shape index (κ3) is 53.7. The van der Waals surface area contributed by atoms with Crippen molar-refractivity contribution < 1.29 is 24.5 Å². The molecule has 3 N–H and O–H groups in total. The van der Waals surface area contributed by atoms with Gasteiger partial charge in [-0.1, -0.05) is 295 Å². The molecule has 0 fully saturated rings. The summed E-state index contributed by atoms with van der Waals surface area (Å²) in [7, 11) is 0. The Bertz CT molecular complexity index is 1060. The lowest BCUT2D eigenvalue weighted by Gasteiger charge is -2.22. The average molecular weight is 959 g/mol. The fourth-order valence-corrected chi connectivity index (χ4v) is 9.56. The van der Waals surface area contributed by atoms with E-state index in [1.807, 2.05) is 0 Å². The van der Waals surface area contributed by atoms with Gasteiger partial charge in [-0.3, -0.25) is 9.59 Å². The fraction of sp³-hybridized carbons (Fsp3) is 0.903. The number of aliphatic hydroxyl groups is 2. The molecule has 0 aliphatic carbocycles. The van der Waals surface area contributed by atoms with Gasteiger partial charge in [0.15, 0.2) is 0 Å². The number of nitrogens with one attached hydrogen (secondary N) is 1. The molecule has 0 bridgehead atoms. The maximum atomic E-state index is 12.5. The zero-order valence-corrected chi connectivity index (χ0v) is 45.9. The summed E-state index contributed by atoms with van der Waals surface area (Å²) in [6.45, 7) is 4.89. The second-order valence-corrected chi connectivity index (χ2v) is 21.0. The lowest BCUT2D eigenvalue weighted by molar-refractivity contribution is -0.143. The first kappa shape index (κ1) is 66.3. The first-order valence-electron chi connectivity index (χ1n) is 30.6. The van der Waals surface area contributed by atoms with Gasteiger partial charge in [0.25, 0.3) is 0 Å². The minimum atomic E-state index is -0.672. The molecule has 0 aromatic heterocycles. The summed E-state index contributed by atoms with van der Waals surface area (Å²) in [6, 6.07) is -0.549. The molecule has 0 rings (SSSR count). The van der Waals surface area contributed by atoms with E-state index >= 15 is 0 Å². The van der Waals surface area contributed by atoms with Crippen LogP contribution in [0.3, 0.4) is 0 Å². The van der Waals surface area contributed by atoms with Crippen LogP contribution in [0.25, 0.3) is 0 Å². The number of esters is 1. The maximum absolute atomic E-state index is 12.5. The van der Waals surface area contributed by atoms with Crippen LogP contribution >= 0.6 is 0 Å². The van der Waals surface area contributed by atoms with Crippen LogP contribution in [0.4, 0.5) is 0 Å². The molecular formula is C62H119NO5. The van der Waals surface area contributed by atoms with Gasteiger partial charge in [0.05, 0.1) is 25.4 Å². The van der Waals surface area contributed by atoms with Crippen LogP contribution in [-0.4, -0.2) is 47.4 Å². The van der Waals surface area contributed by atoms with E-state index in [1.165, 1.54) is 244 Å². The Hall–Kier alpha value is -1.66. The highest BCUT2D eigenvalue weighted by Gasteiger charge is 2.20. The third-order valence-corrected chi connectivity index (χ3v) is 14.2. The fourth-order valence-electron chi connectivity index (χ4n) is 9.56. The molecule has 68 heavy (non-hydrogen) atoms. The lowest BCUT2D eigenvalue weighted by Crippen LogP contribution is -2.45. The van der Waals surface area contributed by atoms with Crippen molar-refractivity contribution in [1.29, 1.82) is 0 Å². The Labute approximate surface area is 424 Å². The number of unbranched alkanes of at least 4 members (excludes halogenated alkanes) is 42. The summed E-state index contributed by atoms with van der Waals surface area (Å²) in [4.78, 5) is 24.5. The summed E-state index contributed by atoms with van der Waals surface area (Å²) in [5, 5.41) is 23.4. The molecule has 0 heterocycles. The Morgan fingerprint density at radius 3 is 1.18 bits per heavy atom. The number of carbonyl (C=O) groups is 2. The first-order chi connectivity index (χ1) is 33.5. The van der Waals surface area contributed by atoms with Crippen molar-refractivity contribution in [3.63, 3.8) is 0 Å². The SMILES string of the molecule is CCC/C=C\C/C=C\CCCCCCCC(=O)OCCCCCCCCCCCCCCCCCC(=O)NC(CO)C(O)CCCCCCCCCCCCCCCCCCCCCCCCC. The molecular weight excluding hydrogens is 839 g/mol. The van der Waals surface area contributed by atoms with Gasteiger partial charge in [0.1, 0.15) is 0 Å². The van der Waals surface area contributed by atoms with E-state index in [0.29, 0.717) is 25.9 Å². The summed E-state index contributed by atoms with van der Waals surface area (Å²) < 4.78 is 5.46. The van der Waals surface area contributed by atoms with Crippen molar-refractivity contribution in [2.45, 2.75) is 347 Å². The summed E-state index contributed by atoms with van der Waals surface area (Å²) >= 11 is 0. The molecule has 0 saturated heterocycles. The highest BCUT2D eigenvalue weighted by molar-refractivity contribution is 5.76. The number of carbonyl (C=O) groups excluding carboxylic acids is 2. The monoisotopic (exact) mass is 958 g/mol. The van der Waals surface area contributed by atoms with Crippen LogP contribution in [0, 0.1) is 0 Å². The van der Waals surface area contributed by atoms with Crippen LogP contribution < -0.4 is 5.32 Å². The van der Waals surface area contributed by atoms with E-state index in [1.54, 1.807) is 0 Å². The van der Waals surface area contributed by atoms with Crippen molar-refractivity contribution >= 4 is 11.9 Å². The van der Waals surface area contributed by atoms with E-state index in [9.17, 15) is 19.8 Å². The van der Waals surface area contributed by atoms with Gasteiger partial charge < -0.3 is 20.3 Å². The minimum absolute atomic E-state index is 0.0138. The second kappa shape index (κ2) is 57.9. The Morgan fingerprint density at radius 2 is 0.765 bits per heavy atom. The van der Waals surface area contributed by atoms with Gasteiger partial charge in [-0.05, 0) is 51.4 Å². The van der Waals surface area contributed by atoms with Crippen molar-refractivity contribution in [3.05, 3.63) is 24.3 Å². The highest BCUT2D eigenvalue weighted by atomic mass is 16.5. The van der Waals surface area contributed by atoms with E-state index in [4.69, 9.17) is 4.74 Å². The average Bonchev–Trinajstić information content (AvgIpc) is 3.34. The van der Waals surface area contributed by atoms with E-state index < -0.39 is 12.1 Å². The van der Waals surface area contributed by atoms with Gasteiger partial charge in [0.2, 0.25) is 5.91 Å². The molecule has 2 unspecified atom stereocenters. The standard InChI is InChI=1S/C62H119NO5/c1-3-5-7-9-11-13-15-17-18-19-20-21-22-23-24-25-27-31-34-38-42-46-50-54-60(65)59(58-64)63-61(66)55-51-47-43-39-35-32-28-26-29-33-37-41-45-49-53-57-68-62(67)56-52-48-44-40-36-30-16-14-12-10-8-6-4-2/h8,10,14,16,59-60,64-65H,3-7,9,11-13,15,17-58H2,1-2H3,(H,63,66)/b10-8-,16-14-. The number of amides is 1. The molecule has 0 aromatic carbocycles. The predicted octanol–water partition coefficient (Wildman–Crippen LogP) is 19.0. The maximum Gasteiger partial charge on any atom is 0.305 e. The summed E-state index contributed by atoms with van der Waals surface area (Å²) in [6.07, 6.45) is 70.3. The van der Waals surface area contributed by atoms with Crippen molar-refractivity contribution in [3.8, 4) is 0 Å². The molecule has 0 spiro atoms. The summed E-state index contributed by atoms with van der Waals surface area (Å²) in [5.41, 5.74) is 0. The van der Waals surface area contributed by atoms with Gasteiger partial charge in [-0.15, -0.1) is 0 Å². The molecule has 6 heteroatoms.